The molecule has 0 saturated carbocycles. The lowest BCUT2D eigenvalue weighted by molar-refractivity contribution is -0.120. The van der Waals surface area contributed by atoms with Crippen LogP contribution in [0.3, 0.4) is 0 Å². The fourth-order valence-corrected chi connectivity index (χ4v) is 2.48. The van der Waals surface area contributed by atoms with Crippen LogP contribution in [0.5, 0.6) is 0 Å². The van der Waals surface area contributed by atoms with Crippen LogP contribution in [0.1, 0.15) is 26.7 Å². The number of rotatable bonds is 5. The van der Waals surface area contributed by atoms with E-state index in [1.54, 1.807) is 7.05 Å². The Bertz CT molecular complexity index is 245. The average molecular weight is 241 g/mol. The summed E-state index contributed by atoms with van der Waals surface area (Å²) in [5, 5.41) is 5.89. The van der Waals surface area contributed by atoms with E-state index >= 15 is 0 Å². The number of likely N-dealkylation sites (tertiary alicyclic amines) is 1. The van der Waals surface area contributed by atoms with Crippen molar-refractivity contribution in [1.82, 2.24) is 15.5 Å². The number of carbonyl (C=O) groups excluding carboxylic acids is 1. The number of likely N-dealkylation sites (N-methyl/N-ethyl adjacent to an activating group) is 1. The van der Waals surface area contributed by atoms with E-state index in [1.807, 2.05) is 0 Å². The van der Waals surface area contributed by atoms with Crippen LogP contribution in [-0.2, 0) is 4.79 Å². The van der Waals surface area contributed by atoms with Gasteiger partial charge >= 0.3 is 0 Å². The molecule has 1 amide bonds. The van der Waals surface area contributed by atoms with E-state index < -0.39 is 0 Å². The lowest BCUT2D eigenvalue weighted by Crippen LogP contribution is -2.44. The van der Waals surface area contributed by atoms with Crippen molar-refractivity contribution in [3.05, 3.63) is 0 Å². The Labute approximate surface area is 105 Å². The number of nitrogens with one attached hydrogen (secondary N) is 2. The summed E-state index contributed by atoms with van der Waals surface area (Å²) in [4.78, 5) is 13.8. The summed E-state index contributed by atoms with van der Waals surface area (Å²) < 4.78 is 0. The molecular weight excluding hydrogens is 214 g/mol. The molecule has 0 radical (unpaired) electrons. The largest absolute Gasteiger partial charge is 0.354 e. The molecule has 1 rings (SSSR count). The number of hydrogen-bond acceptors (Lipinski definition) is 3. The number of carbonyl (C=O) groups is 1. The first-order chi connectivity index (χ1) is 7.95. The first kappa shape index (κ1) is 14.5. The molecule has 1 heterocycles. The van der Waals surface area contributed by atoms with Crippen LogP contribution in [-0.4, -0.2) is 51.1 Å². The second kappa shape index (κ2) is 6.36. The molecule has 17 heavy (non-hydrogen) atoms. The molecule has 0 unspecified atom stereocenters. The molecule has 0 aromatic heterocycles. The van der Waals surface area contributed by atoms with Gasteiger partial charge in [-0.2, -0.15) is 0 Å². The molecular formula is C13H27N3O. The standard InChI is InChI=1S/C13H27N3O/c1-13(2,10-15-12(17)9-14-3)11-5-7-16(4)8-6-11/h11,14H,5-10H2,1-4H3,(H,15,17). The number of amides is 1. The molecule has 0 aromatic rings. The van der Waals surface area contributed by atoms with Crippen LogP contribution in [0, 0.1) is 11.3 Å². The van der Waals surface area contributed by atoms with E-state index in [2.05, 4.69) is 36.4 Å². The first-order valence-corrected chi connectivity index (χ1v) is 6.55. The number of hydrogen-bond donors (Lipinski definition) is 2. The Morgan fingerprint density at radius 2 is 1.94 bits per heavy atom. The maximum absolute atomic E-state index is 11.4. The second-order valence-electron chi connectivity index (χ2n) is 5.87. The first-order valence-electron chi connectivity index (χ1n) is 6.55. The zero-order valence-corrected chi connectivity index (χ0v) is 11.7. The highest BCUT2D eigenvalue weighted by Gasteiger charge is 2.31. The predicted molar refractivity (Wildman–Crippen MR) is 70.9 cm³/mol. The minimum atomic E-state index is 0.0912. The van der Waals surface area contributed by atoms with E-state index in [0.29, 0.717) is 12.5 Å². The van der Waals surface area contributed by atoms with Crippen LogP contribution in [0.15, 0.2) is 0 Å². The van der Waals surface area contributed by atoms with E-state index in [4.69, 9.17) is 0 Å². The van der Waals surface area contributed by atoms with Crippen molar-refractivity contribution in [2.24, 2.45) is 11.3 Å². The Hall–Kier alpha value is -0.610. The molecule has 4 nitrogen and oxygen atoms in total. The second-order valence-corrected chi connectivity index (χ2v) is 5.87. The van der Waals surface area contributed by atoms with E-state index in [9.17, 15) is 4.79 Å². The van der Waals surface area contributed by atoms with Gasteiger partial charge in [0.15, 0.2) is 0 Å². The molecule has 0 bridgehead atoms. The van der Waals surface area contributed by atoms with Gasteiger partial charge in [0, 0.05) is 6.54 Å². The van der Waals surface area contributed by atoms with Crippen molar-refractivity contribution in [2.75, 3.05) is 40.3 Å². The molecule has 1 fully saturated rings. The van der Waals surface area contributed by atoms with E-state index in [-0.39, 0.29) is 11.3 Å². The highest BCUT2D eigenvalue weighted by atomic mass is 16.1. The highest BCUT2D eigenvalue weighted by molar-refractivity contribution is 5.77. The molecule has 0 aromatic carbocycles. The van der Waals surface area contributed by atoms with Crippen LogP contribution in [0.2, 0.25) is 0 Å². The normalized spacial score (nSPS) is 19.3. The third-order valence-electron chi connectivity index (χ3n) is 3.90. The highest BCUT2D eigenvalue weighted by Crippen LogP contribution is 2.34. The Kier molecular flexibility index (Phi) is 5.40. The lowest BCUT2D eigenvalue weighted by Gasteiger charge is -2.39. The third kappa shape index (κ3) is 4.64. The molecule has 2 N–H and O–H groups in total. The summed E-state index contributed by atoms with van der Waals surface area (Å²) in [5.41, 5.74) is 0.199. The fraction of sp³-hybridized carbons (Fsp3) is 0.923. The summed E-state index contributed by atoms with van der Waals surface area (Å²) in [5.74, 6) is 0.807. The maximum Gasteiger partial charge on any atom is 0.233 e. The van der Waals surface area contributed by atoms with Gasteiger partial charge in [0.25, 0.3) is 0 Å². The van der Waals surface area contributed by atoms with Crippen molar-refractivity contribution in [1.29, 1.82) is 0 Å². The molecule has 0 atom stereocenters. The summed E-state index contributed by atoms with van der Waals surface area (Å²) in [7, 11) is 3.97. The van der Waals surface area contributed by atoms with Crippen molar-refractivity contribution < 1.29 is 4.79 Å². The zero-order valence-electron chi connectivity index (χ0n) is 11.7. The van der Waals surface area contributed by atoms with Crippen LogP contribution < -0.4 is 10.6 Å². The van der Waals surface area contributed by atoms with Gasteiger partial charge in [-0.05, 0) is 51.4 Å². The van der Waals surface area contributed by atoms with E-state index in [1.165, 1.54) is 25.9 Å². The Morgan fingerprint density at radius 1 is 1.35 bits per heavy atom. The van der Waals surface area contributed by atoms with Crippen molar-refractivity contribution in [3.63, 3.8) is 0 Å². The molecule has 1 aliphatic rings. The van der Waals surface area contributed by atoms with Crippen LogP contribution in [0.25, 0.3) is 0 Å². The van der Waals surface area contributed by atoms with Gasteiger partial charge in [-0.25, -0.2) is 0 Å². The van der Waals surface area contributed by atoms with E-state index in [0.717, 1.165) is 6.54 Å². The Balaban J connectivity index is 2.36. The topological polar surface area (TPSA) is 44.4 Å². The fourth-order valence-electron chi connectivity index (χ4n) is 2.48. The average Bonchev–Trinajstić information content (AvgIpc) is 2.28. The smallest absolute Gasteiger partial charge is 0.233 e. The van der Waals surface area contributed by atoms with Gasteiger partial charge in [-0.15, -0.1) is 0 Å². The maximum atomic E-state index is 11.4. The van der Waals surface area contributed by atoms with Gasteiger partial charge < -0.3 is 15.5 Å². The lowest BCUT2D eigenvalue weighted by atomic mass is 9.73. The third-order valence-corrected chi connectivity index (χ3v) is 3.90. The zero-order chi connectivity index (χ0) is 12.9. The number of piperidine rings is 1. The summed E-state index contributed by atoms with van der Waals surface area (Å²) in [6, 6.07) is 0. The molecule has 0 aliphatic carbocycles. The summed E-state index contributed by atoms with van der Waals surface area (Å²) >= 11 is 0. The summed E-state index contributed by atoms with van der Waals surface area (Å²) in [6.07, 6.45) is 2.48. The quantitative estimate of drug-likeness (QED) is 0.744. The van der Waals surface area contributed by atoms with Crippen molar-refractivity contribution in [2.45, 2.75) is 26.7 Å². The van der Waals surface area contributed by atoms with Crippen LogP contribution in [0.4, 0.5) is 0 Å². The van der Waals surface area contributed by atoms with Gasteiger partial charge in [-0.1, -0.05) is 13.8 Å². The minimum Gasteiger partial charge on any atom is -0.354 e. The molecule has 0 spiro atoms. The summed E-state index contributed by atoms with van der Waals surface area (Å²) in [6.45, 7) is 8.08. The molecule has 1 saturated heterocycles. The van der Waals surface area contributed by atoms with Crippen molar-refractivity contribution >= 4 is 5.91 Å². The van der Waals surface area contributed by atoms with Gasteiger partial charge in [-0.3, -0.25) is 4.79 Å². The van der Waals surface area contributed by atoms with Crippen molar-refractivity contribution in [3.8, 4) is 0 Å². The van der Waals surface area contributed by atoms with Gasteiger partial charge in [0.1, 0.15) is 0 Å². The monoisotopic (exact) mass is 241 g/mol. The molecule has 1 aliphatic heterocycles. The molecule has 100 valence electrons. The van der Waals surface area contributed by atoms with Gasteiger partial charge in [0.05, 0.1) is 6.54 Å². The van der Waals surface area contributed by atoms with Gasteiger partial charge in [0.2, 0.25) is 5.91 Å². The molecule has 4 heteroatoms. The predicted octanol–water partition coefficient (Wildman–Crippen LogP) is 0.690. The SMILES string of the molecule is CNCC(=O)NCC(C)(C)C1CCN(C)CC1. The van der Waals surface area contributed by atoms with Crippen LogP contribution >= 0.6 is 0 Å². The minimum absolute atomic E-state index is 0.0912. The Morgan fingerprint density at radius 3 is 2.47 bits per heavy atom. The number of nitrogens with zero attached hydrogens (tertiary/aromatic N) is 1.